The Kier molecular flexibility index (Phi) is 3.60. The molecule has 0 unspecified atom stereocenters. The molecule has 1 aliphatic rings. The maximum absolute atomic E-state index is 11.6. The Morgan fingerprint density at radius 1 is 1.47 bits per heavy atom. The molecule has 1 heterocycles. The van der Waals surface area contributed by atoms with E-state index in [1.54, 1.807) is 4.90 Å². The summed E-state index contributed by atoms with van der Waals surface area (Å²) < 4.78 is 10.7. The lowest BCUT2D eigenvalue weighted by molar-refractivity contribution is -0.0939. The van der Waals surface area contributed by atoms with Gasteiger partial charge in [0.05, 0.1) is 18.7 Å². The molecule has 0 aromatic rings. The van der Waals surface area contributed by atoms with E-state index in [2.05, 4.69) is 0 Å². The highest BCUT2D eigenvalue weighted by atomic mass is 16.6. The van der Waals surface area contributed by atoms with Gasteiger partial charge in [-0.05, 0) is 34.6 Å². The van der Waals surface area contributed by atoms with Crippen molar-refractivity contribution in [3.63, 3.8) is 0 Å². The predicted octanol–water partition coefficient (Wildman–Crippen LogP) is 2.03. The number of hydrogen-bond donors (Lipinski definition) is 0. The first kappa shape index (κ1) is 12.3. The summed E-state index contributed by atoms with van der Waals surface area (Å²) >= 11 is 0. The number of carbonyl (C=O) groups excluding carboxylic acids is 1. The monoisotopic (exact) mass is 215 g/mol. The molecule has 0 aromatic heterocycles. The molecular formula is C11H21NO3. The minimum Gasteiger partial charge on any atom is -0.444 e. The predicted molar refractivity (Wildman–Crippen MR) is 57.8 cm³/mol. The topological polar surface area (TPSA) is 38.8 Å². The quantitative estimate of drug-likeness (QED) is 0.707. The van der Waals surface area contributed by atoms with E-state index in [-0.39, 0.29) is 18.2 Å². The molecule has 1 fully saturated rings. The fourth-order valence-corrected chi connectivity index (χ4v) is 1.54. The number of amides is 1. The van der Waals surface area contributed by atoms with Crippen LogP contribution < -0.4 is 0 Å². The molecule has 1 amide bonds. The van der Waals surface area contributed by atoms with Gasteiger partial charge in [-0.25, -0.2) is 4.79 Å². The Labute approximate surface area is 91.5 Å². The van der Waals surface area contributed by atoms with Crippen LogP contribution in [0.4, 0.5) is 4.79 Å². The molecule has 0 aromatic carbocycles. The van der Waals surface area contributed by atoms with Crippen LogP contribution in [0.3, 0.4) is 0 Å². The number of likely N-dealkylation sites (tertiary alicyclic amines) is 1. The van der Waals surface area contributed by atoms with Crippen molar-refractivity contribution in [3.8, 4) is 0 Å². The van der Waals surface area contributed by atoms with E-state index in [1.165, 1.54) is 0 Å². The van der Waals surface area contributed by atoms with Crippen molar-refractivity contribution in [3.05, 3.63) is 0 Å². The first-order valence-corrected chi connectivity index (χ1v) is 5.46. The van der Waals surface area contributed by atoms with Crippen molar-refractivity contribution in [1.82, 2.24) is 4.90 Å². The smallest absolute Gasteiger partial charge is 0.410 e. The summed E-state index contributed by atoms with van der Waals surface area (Å²) in [5.41, 5.74) is -0.423. The van der Waals surface area contributed by atoms with E-state index in [0.717, 1.165) is 0 Å². The second-order valence-corrected chi connectivity index (χ2v) is 4.87. The fraction of sp³-hybridized carbons (Fsp3) is 0.909. The third-order valence-corrected chi connectivity index (χ3v) is 2.42. The first-order valence-electron chi connectivity index (χ1n) is 5.46. The summed E-state index contributed by atoms with van der Waals surface area (Å²) in [5.74, 6) is 0. The maximum atomic E-state index is 11.6. The number of carbonyl (C=O) groups is 1. The molecule has 1 aliphatic heterocycles. The minimum atomic E-state index is -0.423. The fourth-order valence-electron chi connectivity index (χ4n) is 1.54. The lowest BCUT2D eigenvalue weighted by Crippen LogP contribution is -2.62. The van der Waals surface area contributed by atoms with Gasteiger partial charge in [0.2, 0.25) is 0 Å². The van der Waals surface area contributed by atoms with Gasteiger partial charge < -0.3 is 14.4 Å². The van der Waals surface area contributed by atoms with Crippen molar-refractivity contribution in [2.24, 2.45) is 0 Å². The van der Waals surface area contributed by atoms with E-state index < -0.39 is 5.60 Å². The normalized spacial score (nSPS) is 26.1. The van der Waals surface area contributed by atoms with Crippen molar-refractivity contribution < 1.29 is 14.3 Å². The van der Waals surface area contributed by atoms with Crippen LogP contribution in [0.25, 0.3) is 0 Å². The highest BCUT2D eigenvalue weighted by Crippen LogP contribution is 2.23. The van der Waals surface area contributed by atoms with Gasteiger partial charge in [-0.1, -0.05) is 0 Å². The van der Waals surface area contributed by atoms with E-state index in [9.17, 15) is 4.79 Å². The highest BCUT2D eigenvalue weighted by molar-refractivity contribution is 5.69. The molecule has 4 nitrogen and oxygen atoms in total. The molecule has 0 radical (unpaired) electrons. The molecule has 0 bridgehead atoms. The van der Waals surface area contributed by atoms with Gasteiger partial charge in [0.15, 0.2) is 0 Å². The number of ether oxygens (including phenoxy) is 2. The Hall–Kier alpha value is -0.770. The number of hydrogen-bond acceptors (Lipinski definition) is 3. The van der Waals surface area contributed by atoms with Gasteiger partial charge in [0, 0.05) is 6.61 Å². The Balaban J connectivity index is 2.39. The molecule has 2 atom stereocenters. The zero-order chi connectivity index (χ0) is 11.6. The van der Waals surface area contributed by atoms with Gasteiger partial charge in [0.1, 0.15) is 5.60 Å². The van der Waals surface area contributed by atoms with Crippen molar-refractivity contribution in [1.29, 1.82) is 0 Å². The lowest BCUT2D eigenvalue weighted by Gasteiger charge is -2.45. The molecule has 1 saturated heterocycles. The van der Waals surface area contributed by atoms with Crippen molar-refractivity contribution in [2.75, 3.05) is 13.2 Å². The van der Waals surface area contributed by atoms with Crippen LogP contribution in [0.2, 0.25) is 0 Å². The SMILES string of the molecule is CCO[C@H]1CN(C(=O)OC(C)(C)C)[C@H]1C. The van der Waals surface area contributed by atoms with E-state index in [0.29, 0.717) is 13.2 Å². The molecule has 4 heteroatoms. The van der Waals surface area contributed by atoms with Crippen LogP contribution in [-0.4, -0.2) is 41.9 Å². The molecule has 0 saturated carbocycles. The zero-order valence-corrected chi connectivity index (χ0v) is 10.2. The minimum absolute atomic E-state index is 0.125. The summed E-state index contributed by atoms with van der Waals surface area (Å²) in [6.45, 7) is 10.9. The molecule has 15 heavy (non-hydrogen) atoms. The molecule has 0 N–H and O–H groups in total. The van der Waals surface area contributed by atoms with Gasteiger partial charge in [0.25, 0.3) is 0 Å². The molecular weight excluding hydrogens is 194 g/mol. The molecule has 0 aliphatic carbocycles. The maximum Gasteiger partial charge on any atom is 0.410 e. The lowest BCUT2D eigenvalue weighted by atomic mass is 10.0. The first-order chi connectivity index (χ1) is 6.85. The average molecular weight is 215 g/mol. The third kappa shape index (κ3) is 3.09. The standard InChI is InChI=1S/C11H21NO3/c1-6-14-9-7-12(8(9)2)10(13)15-11(3,4)5/h8-9H,6-7H2,1-5H3/t8-,9-/m0/s1. The Morgan fingerprint density at radius 2 is 2.07 bits per heavy atom. The van der Waals surface area contributed by atoms with Crippen LogP contribution in [0.1, 0.15) is 34.6 Å². The summed E-state index contributed by atoms with van der Waals surface area (Å²) in [4.78, 5) is 13.3. The van der Waals surface area contributed by atoms with E-state index in [4.69, 9.17) is 9.47 Å². The largest absolute Gasteiger partial charge is 0.444 e. The zero-order valence-electron chi connectivity index (χ0n) is 10.2. The third-order valence-electron chi connectivity index (χ3n) is 2.42. The second kappa shape index (κ2) is 4.39. The van der Waals surface area contributed by atoms with Crippen molar-refractivity contribution in [2.45, 2.75) is 52.4 Å². The van der Waals surface area contributed by atoms with Crippen LogP contribution in [-0.2, 0) is 9.47 Å². The van der Waals surface area contributed by atoms with Crippen LogP contribution in [0, 0.1) is 0 Å². The Morgan fingerprint density at radius 3 is 2.47 bits per heavy atom. The van der Waals surface area contributed by atoms with Gasteiger partial charge in [-0.3, -0.25) is 0 Å². The van der Waals surface area contributed by atoms with Gasteiger partial charge in [-0.15, -0.1) is 0 Å². The summed E-state index contributed by atoms with van der Waals surface area (Å²) in [5, 5.41) is 0. The summed E-state index contributed by atoms with van der Waals surface area (Å²) in [6.07, 6.45) is -0.0755. The highest BCUT2D eigenvalue weighted by Gasteiger charge is 2.41. The summed E-state index contributed by atoms with van der Waals surface area (Å²) in [7, 11) is 0. The average Bonchev–Trinajstić information content (AvgIpc) is 2.07. The van der Waals surface area contributed by atoms with Gasteiger partial charge in [-0.2, -0.15) is 0 Å². The van der Waals surface area contributed by atoms with E-state index >= 15 is 0 Å². The van der Waals surface area contributed by atoms with Crippen LogP contribution >= 0.6 is 0 Å². The summed E-state index contributed by atoms with van der Waals surface area (Å²) in [6, 6.07) is 0.125. The molecule has 1 rings (SSSR count). The second-order valence-electron chi connectivity index (χ2n) is 4.87. The van der Waals surface area contributed by atoms with Gasteiger partial charge >= 0.3 is 6.09 Å². The number of nitrogens with zero attached hydrogens (tertiary/aromatic N) is 1. The van der Waals surface area contributed by atoms with Crippen LogP contribution in [0.5, 0.6) is 0 Å². The molecule has 0 spiro atoms. The van der Waals surface area contributed by atoms with Crippen LogP contribution in [0.15, 0.2) is 0 Å². The number of rotatable bonds is 2. The molecule has 88 valence electrons. The van der Waals surface area contributed by atoms with E-state index in [1.807, 2.05) is 34.6 Å². The Bertz CT molecular complexity index is 234. The van der Waals surface area contributed by atoms with Crippen molar-refractivity contribution >= 4 is 6.09 Å².